The number of aromatic nitrogens is 1. The number of nitrogen functional groups attached to an aromatic ring is 1. The first kappa shape index (κ1) is 11.7. The molecule has 3 nitrogen and oxygen atoms in total. The van der Waals surface area contributed by atoms with Crippen molar-refractivity contribution in [3.63, 3.8) is 0 Å². The van der Waals surface area contributed by atoms with Gasteiger partial charge in [0.05, 0.1) is 6.10 Å². The van der Waals surface area contributed by atoms with E-state index in [-0.39, 0.29) is 6.10 Å². The van der Waals surface area contributed by atoms with Gasteiger partial charge >= 0.3 is 0 Å². The Balaban J connectivity index is 2.43. The van der Waals surface area contributed by atoms with Crippen molar-refractivity contribution in [1.29, 1.82) is 0 Å². The Kier molecular flexibility index (Phi) is 3.18. The van der Waals surface area contributed by atoms with Crippen LogP contribution in [0.25, 0.3) is 10.9 Å². The number of ether oxygens (including phenoxy) is 1. The standard InChI is InChI=1S/C14H18N2O/c1-9(2)10(3)17-12-6-4-5-11-7-8-13(15)16-14(11)12/h4-10H,1-3H3,(H2,15,16). The number of hydrogen-bond acceptors (Lipinski definition) is 3. The largest absolute Gasteiger partial charge is 0.488 e. The molecule has 3 heteroatoms. The van der Waals surface area contributed by atoms with Crippen LogP contribution in [0.4, 0.5) is 5.82 Å². The molecule has 2 rings (SSSR count). The molecule has 1 atom stereocenters. The van der Waals surface area contributed by atoms with Gasteiger partial charge in [-0.3, -0.25) is 0 Å². The molecule has 0 saturated carbocycles. The highest BCUT2D eigenvalue weighted by Crippen LogP contribution is 2.26. The Morgan fingerprint density at radius 1 is 1.12 bits per heavy atom. The average molecular weight is 230 g/mol. The van der Waals surface area contributed by atoms with E-state index < -0.39 is 0 Å². The zero-order valence-corrected chi connectivity index (χ0v) is 10.5. The lowest BCUT2D eigenvalue weighted by Crippen LogP contribution is -2.18. The molecule has 0 bridgehead atoms. The number of pyridine rings is 1. The highest BCUT2D eigenvalue weighted by molar-refractivity contribution is 5.85. The van der Waals surface area contributed by atoms with Gasteiger partial charge in [-0.15, -0.1) is 0 Å². The first-order valence-electron chi connectivity index (χ1n) is 5.90. The van der Waals surface area contributed by atoms with Crippen molar-refractivity contribution >= 4 is 16.7 Å². The minimum Gasteiger partial charge on any atom is -0.488 e. The van der Waals surface area contributed by atoms with Crippen LogP contribution < -0.4 is 10.5 Å². The van der Waals surface area contributed by atoms with E-state index in [4.69, 9.17) is 10.5 Å². The number of rotatable bonds is 3. The first-order valence-corrected chi connectivity index (χ1v) is 5.90. The van der Waals surface area contributed by atoms with Crippen molar-refractivity contribution in [3.8, 4) is 5.75 Å². The number of nitrogens with zero attached hydrogens (tertiary/aromatic N) is 1. The second-order valence-electron chi connectivity index (χ2n) is 4.63. The molecule has 1 aromatic heterocycles. The number of anilines is 1. The third-order valence-electron chi connectivity index (χ3n) is 2.96. The molecule has 0 aliphatic heterocycles. The highest BCUT2D eigenvalue weighted by atomic mass is 16.5. The summed E-state index contributed by atoms with van der Waals surface area (Å²) >= 11 is 0. The summed E-state index contributed by atoms with van der Waals surface area (Å²) in [6, 6.07) is 9.69. The summed E-state index contributed by atoms with van der Waals surface area (Å²) in [5, 5.41) is 1.05. The van der Waals surface area contributed by atoms with E-state index >= 15 is 0 Å². The van der Waals surface area contributed by atoms with Crippen LogP contribution in [0.3, 0.4) is 0 Å². The van der Waals surface area contributed by atoms with Crippen molar-refractivity contribution in [2.24, 2.45) is 5.92 Å². The van der Waals surface area contributed by atoms with Gasteiger partial charge in [0.2, 0.25) is 0 Å². The number of hydrogen-bond donors (Lipinski definition) is 1. The lowest BCUT2D eigenvalue weighted by atomic mass is 10.1. The molecule has 0 spiro atoms. The molecule has 2 N–H and O–H groups in total. The van der Waals surface area contributed by atoms with E-state index in [1.165, 1.54) is 0 Å². The lowest BCUT2D eigenvalue weighted by molar-refractivity contribution is 0.172. The average Bonchev–Trinajstić information content (AvgIpc) is 2.29. The summed E-state index contributed by atoms with van der Waals surface area (Å²) in [6.45, 7) is 6.34. The molecule has 0 saturated heterocycles. The van der Waals surface area contributed by atoms with Crippen LogP contribution >= 0.6 is 0 Å². The molecule has 0 aliphatic rings. The summed E-state index contributed by atoms with van der Waals surface area (Å²) in [4.78, 5) is 4.34. The predicted molar refractivity (Wildman–Crippen MR) is 71.1 cm³/mol. The van der Waals surface area contributed by atoms with Crippen LogP contribution in [-0.4, -0.2) is 11.1 Å². The number of nitrogens with two attached hydrogens (primary N) is 1. The molecular weight excluding hydrogens is 212 g/mol. The molecule has 2 aromatic rings. The van der Waals surface area contributed by atoms with E-state index in [9.17, 15) is 0 Å². The Hall–Kier alpha value is -1.77. The van der Waals surface area contributed by atoms with Gasteiger partial charge in [-0.1, -0.05) is 26.0 Å². The van der Waals surface area contributed by atoms with Crippen LogP contribution in [0.1, 0.15) is 20.8 Å². The Morgan fingerprint density at radius 2 is 1.88 bits per heavy atom. The number of benzene rings is 1. The summed E-state index contributed by atoms with van der Waals surface area (Å²) in [5.41, 5.74) is 6.55. The predicted octanol–water partition coefficient (Wildman–Crippen LogP) is 3.24. The van der Waals surface area contributed by atoms with Crippen LogP contribution in [-0.2, 0) is 0 Å². The topological polar surface area (TPSA) is 48.1 Å². The summed E-state index contributed by atoms with van der Waals surface area (Å²) < 4.78 is 5.93. The lowest BCUT2D eigenvalue weighted by Gasteiger charge is -2.18. The zero-order chi connectivity index (χ0) is 12.4. The van der Waals surface area contributed by atoms with Gasteiger partial charge in [0, 0.05) is 5.39 Å². The van der Waals surface area contributed by atoms with E-state index in [1.807, 2.05) is 24.3 Å². The monoisotopic (exact) mass is 230 g/mol. The second-order valence-corrected chi connectivity index (χ2v) is 4.63. The zero-order valence-electron chi connectivity index (χ0n) is 10.5. The Bertz CT molecular complexity index is 523. The van der Waals surface area contributed by atoms with Gasteiger partial charge in [0.15, 0.2) is 0 Å². The summed E-state index contributed by atoms with van der Waals surface area (Å²) in [6.07, 6.45) is 0.156. The second kappa shape index (κ2) is 4.62. The normalized spacial score (nSPS) is 12.9. The molecule has 0 aliphatic carbocycles. The van der Waals surface area contributed by atoms with Gasteiger partial charge in [-0.2, -0.15) is 0 Å². The smallest absolute Gasteiger partial charge is 0.146 e. The molecule has 90 valence electrons. The van der Waals surface area contributed by atoms with Gasteiger partial charge in [0.25, 0.3) is 0 Å². The molecule has 1 unspecified atom stereocenters. The molecule has 1 heterocycles. The highest BCUT2D eigenvalue weighted by Gasteiger charge is 2.11. The maximum Gasteiger partial charge on any atom is 0.146 e. The fraction of sp³-hybridized carbons (Fsp3) is 0.357. The Labute approximate surface area is 102 Å². The fourth-order valence-electron chi connectivity index (χ4n) is 1.57. The quantitative estimate of drug-likeness (QED) is 0.880. The van der Waals surface area contributed by atoms with Crippen molar-refractivity contribution in [2.45, 2.75) is 26.9 Å². The first-order chi connectivity index (χ1) is 8.08. The van der Waals surface area contributed by atoms with Gasteiger partial charge in [-0.05, 0) is 31.0 Å². The molecule has 0 amide bonds. The van der Waals surface area contributed by atoms with Crippen molar-refractivity contribution in [2.75, 3.05) is 5.73 Å². The van der Waals surface area contributed by atoms with E-state index in [0.29, 0.717) is 11.7 Å². The molecular formula is C14H18N2O. The fourth-order valence-corrected chi connectivity index (χ4v) is 1.57. The summed E-state index contributed by atoms with van der Waals surface area (Å²) in [7, 11) is 0. The van der Waals surface area contributed by atoms with E-state index in [2.05, 4.69) is 25.8 Å². The van der Waals surface area contributed by atoms with E-state index in [1.54, 1.807) is 6.07 Å². The van der Waals surface area contributed by atoms with Gasteiger partial charge in [-0.25, -0.2) is 4.98 Å². The summed E-state index contributed by atoms with van der Waals surface area (Å²) in [5.74, 6) is 1.79. The van der Waals surface area contributed by atoms with Crippen molar-refractivity contribution in [3.05, 3.63) is 30.3 Å². The van der Waals surface area contributed by atoms with Crippen molar-refractivity contribution < 1.29 is 4.74 Å². The van der Waals surface area contributed by atoms with Crippen molar-refractivity contribution in [1.82, 2.24) is 4.98 Å². The molecule has 1 aromatic carbocycles. The third kappa shape index (κ3) is 2.49. The number of para-hydroxylation sites is 1. The minimum absolute atomic E-state index is 0.156. The van der Waals surface area contributed by atoms with Crippen LogP contribution in [0.2, 0.25) is 0 Å². The molecule has 0 fully saturated rings. The SMILES string of the molecule is CC(C)C(C)Oc1cccc2ccc(N)nc12. The van der Waals surface area contributed by atoms with Gasteiger partial charge < -0.3 is 10.5 Å². The number of fused-ring (bicyclic) bond motifs is 1. The maximum absolute atomic E-state index is 5.93. The minimum atomic E-state index is 0.156. The van der Waals surface area contributed by atoms with Crippen LogP contribution in [0.15, 0.2) is 30.3 Å². The molecule has 0 radical (unpaired) electrons. The maximum atomic E-state index is 5.93. The van der Waals surface area contributed by atoms with Crippen LogP contribution in [0.5, 0.6) is 5.75 Å². The van der Waals surface area contributed by atoms with Gasteiger partial charge in [0.1, 0.15) is 17.1 Å². The van der Waals surface area contributed by atoms with E-state index in [0.717, 1.165) is 16.7 Å². The Morgan fingerprint density at radius 3 is 2.59 bits per heavy atom. The molecule has 17 heavy (non-hydrogen) atoms. The third-order valence-corrected chi connectivity index (χ3v) is 2.96. The van der Waals surface area contributed by atoms with Crippen LogP contribution in [0, 0.1) is 5.92 Å².